The summed E-state index contributed by atoms with van der Waals surface area (Å²) in [5, 5.41) is 2.78. The van der Waals surface area contributed by atoms with E-state index in [2.05, 4.69) is 49.6 Å². The van der Waals surface area contributed by atoms with Crippen molar-refractivity contribution >= 4 is 23.0 Å². The number of anilines is 1. The van der Waals surface area contributed by atoms with Gasteiger partial charge >= 0.3 is 6.03 Å². The molecular weight excluding hydrogens is 368 g/mol. The first-order valence-electron chi connectivity index (χ1n) is 9.94. The fourth-order valence-corrected chi connectivity index (χ4v) is 3.73. The first-order valence-corrected chi connectivity index (χ1v) is 9.94. The topological polar surface area (TPSA) is 115 Å². The third kappa shape index (κ3) is 4.28. The molecule has 3 aromatic heterocycles. The normalized spacial score (nSPS) is 15.2. The Balaban J connectivity index is 1.47. The lowest BCUT2D eigenvalue weighted by molar-refractivity contribution is 0.242. The molecule has 1 saturated heterocycles. The number of nitrogens with two attached hydrogens (primary N) is 1. The highest BCUT2D eigenvalue weighted by Crippen LogP contribution is 2.20. The van der Waals surface area contributed by atoms with Crippen LogP contribution >= 0.6 is 0 Å². The summed E-state index contributed by atoms with van der Waals surface area (Å²) in [7, 11) is 0. The van der Waals surface area contributed by atoms with Crippen LogP contribution in [0.4, 0.5) is 10.7 Å². The Labute approximate surface area is 169 Å². The fraction of sp³-hybridized carbons (Fsp3) is 0.450. The molecule has 0 aromatic carbocycles. The number of urea groups is 1. The second kappa shape index (κ2) is 8.02. The summed E-state index contributed by atoms with van der Waals surface area (Å²) in [6, 6.07) is 4.01. The molecule has 9 heteroatoms. The second-order valence-electron chi connectivity index (χ2n) is 7.70. The number of aromatic nitrogens is 5. The number of rotatable bonds is 5. The van der Waals surface area contributed by atoms with Gasteiger partial charge in [0, 0.05) is 43.5 Å². The van der Waals surface area contributed by atoms with Crippen LogP contribution < -0.4 is 16.0 Å². The van der Waals surface area contributed by atoms with Crippen LogP contribution in [-0.4, -0.2) is 49.7 Å². The van der Waals surface area contributed by atoms with Crippen molar-refractivity contribution in [3.8, 4) is 0 Å². The number of fused-ring (bicyclic) bond motifs is 1. The van der Waals surface area contributed by atoms with Crippen molar-refractivity contribution in [1.29, 1.82) is 0 Å². The molecule has 0 spiro atoms. The fourth-order valence-electron chi connectivity index (χ4n) is 3.73. The van der Waals surface area contributed by atoms with Gasteiger partial charge in [-0.2, -0.15) is 0 Å². The molecule has 2 amide bonds. The number of nitrogens with one attached hydrogen (secondary N) is 1. The molecule has 3 aromatic rings. The van der Waals surface area contributed by atoms with Crippen molar-refractivity contribution < 1.29 is 4.79 Å². The smallest absolute Gasteiger partial charge is 0.312 e. The highest BCUT2D eigenvalue weighted by atomic mass is 16.2. The zero-order valence-electron chi connectivity index (χ0n) is 16.7. The zero-order valence-corrected chi connectivity index (χ0v) is 16.7. The van der Waals surface area contributed by atoms with Crippen molar-refractivity contribution in [2.45, 2.75) is 45.2 Å². The molecule has 9 nitrogen and oxygen atoms in total. The molecule has 4 rings (SSSR count). The lowest BCUT2D eigenvalue weighted by atomic mass is 10.1. The third-order valence-electron chi connectivity index (χ3n) is 5.26. The van der Waals surface area contributed by atoms with Crippen LogP contribution in [0.5, 0.6) is 0 Å². The lowest BCUT2D eigenvalue weighted by Crippen LogP contribution is -2.46. The lowest BCUT2D eigenvalue weighted by Gasteiger charge is -2.32. The van der Waals surface area contributed by atoms with Crippen molar-refractivity contribution in [3.63, 3.8) is 0 Å². The molecule has 0 unspecified atom stereocenters. The highest BCUT2D eigenvalue weighted by Gasteiger charge is 2.21. The Hall–Kier alpha value is -3.23. The Morgan fingerprint density at radius 1 is 1.24 bits per heavy atom. The Bertz CT molecular complexity index is 1010. The molecule has 1 aliphatic heterocycles. The number of primary amides is 1. The van der Waals surface area contributed by atoms with Gasteiger partial charge in [0.1, 0.15) is 5.52 Å². The number of amides is 2. The van der Waals surface area contributed by atoms with Crippen molar-refractivity contribution in [3.05, 3.63) is 42.2 Å². The average Bonchev–Trinajstić information content (AvgIpc) is 3.12. The molecular formula is C20H26N8O. The van der Waals surface area contributed by atoms with Crippen LogP contribution in [-0.2, 0) is 6.42 Å². The SMILES string of the molecule is CC(C)n1cnc2cnc(Cc3ccnc(N4CCC(NC(N)=O)CC4)n3)cc21. The molecule has 152 valence electrons. The van der Waals surface area contributed by atoms with E-state index in [0.717, 1.165) is 48.4 Å². The number of nitrogens with zero attached hydrogens (tertiary/aromatic N) is 6. The van der Waals surface area contributed by atoms with Gasteiger partial charge in [0.2, 0.25) is 5.95 Å². The molecule has 0 bridgehead atoms. The maximum absolute atomic E-state index is 11.0. The minimum absolute atomic E-state index is 0.119. The standard InChI is InChI=1S/C20H26N8O/c1-13(2)28-12-24-17-11-23-16(10-18(17)28)9-15-3-6-22-20(26-15)27-7-4-14(5-8-27)25-19(21)29/h3,6,10-14H,4-5,7-9H2,1-2H3,(H3,21,25,29). The van der Waals surface area contributed by atoms with Crippen LogP contribution in [0.2, 0.25) is 0 Å². The summed E-state index contributed by atoms with van der Waals surface area (Å²) in [4.78, 5) is 31.3. The van der Waals surface area contributed by atoms with Crippen LogP contribution in [0.3, 0.4) is 0 Å². The van der Waals surface area contributed by atoms with E-state index >= 15 is 0 Å². The number of hydrogen-bond donors (Lipinski definition) is 2. The van der Waals surface area contributed by atoms with Gasteiger partial charge in [-0.3, -0.25) is 4.98 Å². The van der Waals surface area contributed by atoms with Gasteiger partial charge in [-0.15, -0.1) is 0 Å². The van der Waals surface area contributed by atoms with Gasteiger partial charge in [0.05, 0.1) is 23.7 Å². The number of hydrogen-bond acceptors (Lipinski definition) is 6. The summed E-state index contributed by atoms with van der Waals surface area (Å²) in [5.41, 5.74) is 9.08. The Morgan fingerprint density at radius 2 is 2.03 bits per heavy atom. The maximum Gasteiger partial charge on any atom is 0.312 e. The van der Waals surface area contributed by atoms with Gasteiger partial charge in [-0.1, -0.05) is 0 Å². The summed E-state index contributed by atoms with van der Waals surface area (Å²) in [6.45, 7) is 5.85. The highest BCUT2D eigenvalue weighted by molar-refractivity contribution is 5.74. The van der Waals surface area contributed by atoms with E-state index in [1.54, 1.807) is 6.20 Å². The number of piperidine rings is 1. The Kier molecular flexibility index (Phi) is 5.28. The molecule has 1 fully saturated rings. The molecule has 1 aliphatic rings. The first-order chi connectivity index (χ1) is 14.0. The van der Waals surface area contributed by atoms with Crippen LogP contribution in [0, 0.1) is 0 Å². The van der Waals surface area contributed by atoms with E-state index in [1.165, 1.54) is 0 Å². The number of carbonyl (C=O) groups is 1. The summed E-state index contributed by atoms with van der Waals surface area (Å²) in [6.07, 6.45) is 7.76. The third-order valence-corrected chi connectivity index (χ3v) is 5.26. The molecule has 3 N–H and O–H groups in total. The monoisotopic (exact) mass is 394 g/mol. The van der Waals surface area contributed by atoms with Gasteiger partial charge in [-0.25, -0.2) is 19.7 Å². The van der Waals surface area contributed by atoms with Crippen LogP contribution in [0.25, 0.3) is 11.0 Å². The average molecular weight is 394 g/mol. The van der Waals surface area contributed by atoms with Gasteiger partial charge in [0.15, 0.2) is 0 Å². The predicted octanol–water partition coefficient (Wildman–Crippen LogP) is 2.03. The van der Waals surface area contributed by atoms with Crippen molar-refractivity contribution in [1.82, 2.24) is 29.8 Å². The Morgan fingerprint density at radius 3 is 2.76 bits per heavy atom. The molecule has 0 atom stereocenters. The van der Waals surface area contributed by atoms with Crippen LogP contribution in [0.1, 0.15) is 44.1 Å². The second-order valence-corrected chi connectivity index (χ2v) is 7.70. The molecule has 0 saturated carbocycles. The minimum Gasteiger partial charge on any atom is -0.352 e. The van der Waals surface area contributed by atoms with E-state index in [-0.39, 0.29) is 6.04 Å². The quantitative estimate of drug-likeness (QED) is 0.684. The molecule has 0 aliphatic carbocycles. The summed E-state index contributed by atoms with van der Waals surface area (Å²) in [5.74, 6) is 0.716. The van der Waals surface area contributed by atoms with E-state index in [0.29, 0.717) is 18.4 Å². The maximum atomic E-state index is 11.0. The van der Waals surface area contributed by atoms with Crippen LogP contribution in [0.15, 0.2) is 30.9 Å². The largest absolute Gasteiger partial charge is 0.352 e. The number of carbonyl (C=O) groups excluding carboxylic acids is 1. The predicted molar refractivity (Wildman–Crippen MR) is 111 cm³/mol. The van der Waals surface area contributed by atoms with Gasteiger partial charge in [-0.05, 0) is 38.8 Å². The zero-order chi connectivity index (χ0) is 20.4. The summed E-state index contributed by atoms with van der Waals surface area (Å²) >= 11 is 0. The van der Waals surface area contributed by atoms with E-state index < -0.39 is 6.03 Å². The minimum atomic E-state index is -0.468. The summed E-state index contributed by atoms with van der Waals surface area (Å²) < 4.78 is 2.15. The van der Waals surface area contributed by atoms with Gasteiger partial charge < -0.3 is 20.5 Å². The van der Waals surface area contributed by atoms with E-state index in [9.17, 15) is 4.79 Å². The van der Waals surface area contributed by atoms with Crippen molar-refractivity contribution in [2.75, 3.05) is 18.0 Å². The van der Waals surface area contributed by atoms with E-state index in [4.69, 9.17) is 10.7 Å². The van der Waals surface area contributed by atoms with Crippen molar-refractivity contribution in [2.24, 2.45) is 5.73 Å². The molecule has 4 heterocycles. The molecule has 29 heavy (non-hydrogen) atoms. The first kappa shape index (κ1) is 19.1. The van der Waals surface area contributed by atoms with Gasteiger partial charge in [0.25, 0.3) is 0 Å². The number of pyridine rings is 1. The molecule has 0 radical (unpaired) electrons. The van der Waals surface area contributed by atoms with E-state index in [1.807, 2.05) is 18.6 Å². The number of imidazole rings is 1.